The van der Waals surface area contributed by atoms with Crippen LogP contribution in [0.3, 0.4) is 0 Å². The third-order valence-electron chi connectivity index (χ3n) is 3.76. The van der Waals surface area contributed by atoms with Gasteiger partial charge in [0.15, 0.2) is 0 Å². The third-order valence-corrected chi connectivity index (χ3v) is 4.37. The Bertz CT molecular complexity index is 590. The minimum absolute atomic E-state index is 0.0349. The number of likely N-dealkylation sites (N-methyl/N-ethyl adjacent to an activating group) is 1. The zero-order chi connectivity index (χ0) is 14.7. The molecule has 0 saturated carbocycles. The summed E-state index contributed by atoms with van der Waals surface area (Å²) in [6, 6.07) is 11.7. The standard InChI is InChI=1S/C17H19BrFN/c1-11-6-4-7-12(2)14(11)10-16(20-3)13-8-5-9-15(18)17(13)19/h4-9,16,20H,10H2,1-3H3. The highest BCUT2D eigenvalue weighted by atomic mass is 79.9. The van der Waals surface area contributed by atoms with Crippen molar-refractivity contribution in [1.29, 1.82) is 0 Å². The molecule has 20 heavy (non-hydrogen) atoms. The van der Waals surface area contributed by atoms with Crippen LogP contribution in [0.4, 0.5) is 4.39 Å². The highest BCUT2D eigenvalue weighted by Gasteiger charge is 2.17. The molecule has 2 rings (SSSR count). The van der Waals surface area contributed by atoms with Crippen molar-refractivity contribution in [3.63, 3.8) is 0 Å². The molecule has 2 aromatic carbocycles. The van der Waals surface area contributed by atoms with E-state index in [0.29, 0.717) is 10.0 Å². The minimum atomic E-state index is -0.182. The first-order valence-corrected chi connectivity index (χ1v) is 7.50. The molecule has 2 aromatic rings. The fourth-order valence-corrected chi connectivity index (χ4v) is 2.91. The zero-order valence-electron chi connectivity index (χ0n) is 12.0. The van der Waals surface area contributed by atoms with Crippen LogP contribution in [0.1, 0.15) is 28.3 Å². The molecule has 0 aliphatic rings. The van der Waals surface area contributed by atoms with Crippen LogP contribution < -0.4 is 5.32 Å². The summed E-state index contributed by atoms with van der Waals surface area (Å²) < 4.78 is 14.8. The molecule has 1 N–H and O–H groups in total. The molecule has 1 atom stereocenters. The van der Waals surface area contributed by atoms with E-state index in [9.17, 15) is 4.39 Å². The molecule has 1 unspecified atom stereocenters. The van der Waals surface area contributed by atoms with Crippen molar-refractivity contribution >= 4 is 15.9 Å². The highest BCUT2D eigenvalue weighted by molar-refractivity contribution is 9.10. The average molecular weight is 336 g/mol. The second-order valence-electron chi connectivity index (χ2n) is 5.06. The lowest BCUT2D eigenvalue weighted by Crippen LogP contribution is -2.21. The second-order valence-corrected chi connectivity index (χ2v) is 5.91. The van der Waals surface area contributed by atoms with Gasteiger partial charge in [-0.1, -0.05) is 30.3 Å². The van der Waals surface area contributed by atoms with Crippen LogP contribution in [0.2, 0.25) is 0 Å². The predicted octanol–water partition coefficient (Wildman–Crippen LogP) is 4.71. The molecule has 1 nitrogen and oxygen atoms in total. The summed E-state index contributed by atoms with van der Waals surface area (Å²) in [5.41, 5.74) is 4.48. The van der Waals surface area contributed by atoms with Crippen molar-refractivity contribution in [1.82, 2.24) is 5.32 Å². The molecular weight excluding hydrogens is 317 g/mol. The van der Waals surface area contributed by atoms with Gasteiger partial charge in [0, 0.05) is 11.6 Å². The molecule has 0 heterocycles. The Hall–Kier alpha value is -1.19. The summed E-state index contributed by atoms with van der Waals surface area (Å²) in [5.74, 6) is -0.182. The Morgan fingerprint density at radius 2 is 1.70 bits per heavy atom. The molecule has 0 bridgehead atoms. The van der Waals surface area contributed by atoms with Crippen molar-refractivity contribution in [3.05, 3.63) is 68.9 Å². The van der Waals surface area contributed by atoms with Crippen molar-refractivity contribution < 1.29 is 4.39 Å². The highest BCUT2D eigenvalue weighted by Crippen LogP contribution is 2.27. The maximum Gasteiger partial charge on any atom is 0.142 e. The molecule has 0 amide bonds. The molecule has 106 valence electrons. The lowest BCUT2D eigenvalue weighted by molar-refractivity contribution is 0.529. The van der Waals surface area contributed by atoms with Gasteiger partial charge in [0.25, 0.3) is 0 Å². The molecule has 0 aliphatic heterocycles. The van der Waals surface area contributed by atoms with E-state index < -0.39 is 0 Å². The van der Waals surface area contributed by atoms with Gasteiger partial charge in [-0.15, -0.1) is 0 Å². The van der Waals surface area contributed by atoms with E-state index in [1.165, 1.54) is 16.7 Å². The number of rotatable bonds is 4. The molecule has 0 spiro atoms. The van der Waals surface area contributed by atoms with Crippen LogP contribution in [0.5, 0.6) is 0 Å². The Morgan fingerprint density at radius 1 is 1.10 bits per heavy atom. The van der Waals surface area contributed by atoms with E-state index >= 15 is 0 Å². The van der Waals surface area contributed by atoms with Gasteiger partial charge < -0.3 is 5.32 Å². The molecule has 0 aliphatic carbocycles. The van der Waals surface area contributed by atoms with Gasteiger partial charge in [-0.3, -0.25) is 0 Å². The fourth-order valence-electron chi connectivity index (χ4n) is 2.53. The van der Waals surface area contributed by atoms with Gasteiger partial charge in [-0.25, -0.2) is 4.39 Å². The lowest BCUT2D eigenvalue weighted by Gasteiger charge is -2.20. The van der Waals surface area contributed by atoms with Crippen LogP contribution in [0, 0.1) is 19.7 Å². The topological polar surface area (TPSA) is 12.0 Å². The molecule has 0 fully saturated rings. The van der Waals surface area contributed by atoms with Crippen LogP contribution in [0.15, 0.2) is 40.9 Å². The number of nitrogens with one attached hydrogen (secondary N) is 1. The number of halogens is 2. The van der Waals surface area contributed by atoms with E-state index in [4.69, 9.17) is 0 Å². The van der Waals surface area contributed by atoms with Gasteiger partial charge in [0.05, 0.1) is 4.47 Å². The summed E-state index contributed by atoms with van der Waals surface area (Å²) in [7, 11) is 1.87. The van der Waals surface area contributed by atoms with Crippen LogP contribution in [0.25, 0.3) is 0 Å². The monoisotopic (exact) mass is 335 g/mol. The smallest absolute Gasteiger partial charge is 0.142 e. The first-order chi connectivity index (χ1) is 9.54. The Labute approximate surface area is 128 Å². The quantitative estimate of drug-likeness (QED) is 0.853. The number of aryl methyl sites for hydroxylation is 2. The van der Waals surface area contributed by atoms with Crippen molar-refractivity contribution in [3.8, 4) is 0 Å². The molecule has 0 radical (unpaired) electrons. The van der Waals surface area contributed by atoms with Gasteiger partial charge in [0.2, 0.25) is 0 Å². The van der Waals surface area contributed by atoms with Crippen LogP contribution >= 0.6 is 15.9 Å². The Balaban J connectivity index is 2.37. The van der Waals surface area contributed by atoms with E-state index in [1.807, 2.05) is 19.2 Å². The number of hydrogen-bond donors (Lipinski definition) is 1. The Morgan fingerprint density at radius 3 is 2.30 bits per heavy atom. The summed E-state index contributed by atoms with van der Waals surface area (Å²) in [4.78, 5) is 0. The van der Waals surface area contributed by atoms with Gasteiger partial charge in [-0.2, -0.15) is 0 Å². The zero-order valence-corrected chi connectivity index (χ0v) is 13.6. The molecular formula is C17H19BrFN. The van der Waals surface area contributed by atoms with Gasteiger partial charge in [0.1, 0.15) is 5.82 Å². The molecule has 3 heteroatoms. The molecule has 0 saturated heterocycles. The third kappa shape index (κ3) is 3.10. The normalized spacial score (nSPS) is 12.4. The first-order valence-electron chi connectivity index (χ1n) is 6.71. The maximum atomic E-state index is 14.3. The lowest BCUT2D eigenvalue weighted by atomic mass is 9.93. The summed E-state index contributed by atoms with van der Waals surface area (Å²) in [6.07, 6.45) is 0.780. The van der Waals surface area contributed by atoms with Crippen molar-refractivity contribution in [2.24, 2.45) is 0 Å². The summed E-state index contributed by atoms with van der Waals surface area (Å²) >= 11 is 3.26. The van der Waals surface area contributed by atoms with Crippen LogP contribution in [-0.2, 0) is 6.42 Å². The fraction of sp³-hybridized carbons (Fsp3) is 0.294. The van der Waals surface area contributed by atoms with Gasteiger partial charge >= 0.3 is 0 Å². The largest absolute Gasteiger partial charge is 0.313 e. The predicted molar refractivity (Wildman–Crippen MR) is 85.5 cm³/mol. The SMILES string of the molecule is CNC(Cc1c(C)cccc1C)c1cccc(Br)c1F. The van der Waals surface area contributed by atoms with E-state index in [0.717, 1.165) is 6.42 Å². The number of benzene rings is 2. The van der Waals surface area contributed by atoms with E-state index in [-0.39, 0.29) is 11.9 Å². The van der Waals surface area contributed by atoms with Crippen molar-refractivity contribution in [2.45, 2.75) is 26.3 Å². The summed E-state index contributed by atoms with van der Waals surface area (Å²) in [6.45, 7) is 4.21. The minimum Gasteiger partial charge on any atom is -0.313 e. The first kappa shape index (κ1) is 15.2. The van der Waals surface area contributed by atoms with E-state index in [2.05, 4.69) is 53.3 Å². The number of hydrogen-bond acceptors (Lipinski definition) is 1. The molecule has 0 aromatic heterocycles. The van der Waals surface area contributed by atoms with Gasteiger partial charge in [-0.05, 0) is 66.0 Å². The van der Waals surface area contributed by atoms with Crippen LogP contribution in [-0.4, -0.2) is 7.05 Å². The Kier molecular flexibility index (Phi) is 4.95. The van der Waals surface area contributed by atoms with Crippen molar-refractivity contribution in [2.75, 3.05) is 7.05 Å². The second kappa shape index (κ2) is 6.51. The average Bonchev–Trinajstić information content (AvgIpc) is 2.42. The maximum absolute atomic E-state index is 14.3. The summed E-state index contributed by atoms with van der Waals surface area (Å²) in [5, 5.41) is 3.23. The van der Waals surface area contributed by atoms with E-state index in [1.54, 1.807) is 6.07 Å².